The molecule has 0 aliphatic heterocycles. The lowest BCUT2D eigenvalue weighted by Crippen LogP contribution is -2.32. The molecule has 0 atom stereocenters. The number of allylic oxidation sites excluding steroid dienone is 1. The quantitative estimate of drug-likeness (QED) is 0.717. The van der Waals surface area contributed by atoms with Crippen LogP contribution in [0.1, 0.15) is 32.0 Å². The lowest BCUT2D eigenvalue weighted by Gasteiger charge is -2.07. The van der Waals surface area contributed by atoms with E-state index in [0.717, 1.165) is 36.0 Å². The first kappa shape index (κ1) is 13.7. The van der Waals surface area contributed by atoms with Crippen molar-refractivity contribution >= 4 is 12.7 Å². The molecule has 94 valence electrons. The van der Waals surface area contributed by atoms with Crippen LogP contribution in [-0.2, 0) is 13.1 Å². The fourth-order valence-electron chi connectivity index (χ4n) is 1.85. The molecule has 0 radical (unpaired) electrons. The van der Waals surface area contributed by atoms with E-state index in [2.05, 4.69) is 41.0 Å². The van der Waals surface area contributed by atoms with Gasteiger partial charge in [0.1, 0.15) is 5.82 Å². The molecule has 0 aromatic carbocycles. The lowest BCUT2D eigenvalue weighted by molar-refractivity contribution is 0.566. The summed E-state index contributed by atoms with van der Waals surface area (Å²) in [7, 11) is 1.95. The summed E-state index contributed by atoms with van der Waals surface area (Å²) in [5.74, 6) is 1.13. The molecule has 1 rings (SSSR count). The summed E-state index contributed by atoms with van der Waals surface area (Å²) in [5, 5.41) is 5.17. The highest BCUT2D eigenvalue weighted by molar-refractivity contribution is 5.24. The smallest absolute Gasteiger partial charge is 0.110 e. The van der Waals surface area contributed by atoms with E-state index >= 15 is 0 Å². The SMILES string of the molecule is C=CCC=c1c(=C)nc(CCCC)n1CNC. The van der Waals surface area contributed by atoms with Crippen molar-refractivity contribution in [2.24, 2.45) is 0 Å². The summed E-state index contributed by atoms with van der Waals surface area (Å²) in [6, 6.07) is 0. The molecule has 1 heterocycles. The molecule has 0 aliphatic carbocycles. The summed E-state index contributed by atoms with van der Waals surface area (Å²) in [4.78, 5) is 4.57. The van der Waals surface area contributed by atoms with Crippen LogP contribution in [0, 0.1) is 0 Å². The van der Waals surface area contributed by atoms with Crippen molar-refractivity contribution in [3.05, 3.63) is 29.2 Å². The van der Waals surface area contributed by atoms with Crippen molar-refractivity contribution < 1.29 is 0 Å². The van der Waals surface area contributed by atoms with Gasteiger partial charge in [0.25, 0.3) is 0 Å². The van der Waals surface area contributed by atoms with Gasteiger partial charge in [-0.2, -0.15) is 0 Å². The van der Waals surface area contributed by atoms with E-state index in [0.29, 0.717) is 0 Å². The molecule has 0 saturated carbocycles. The molecular weight excluding hydrogens is 210 g/mol. The normalized spacial score (nSPS) is 12.0. The van der Waals surface area contributed by atoms with Gasteiger partial charge in [-0.1, -0.05) is 32.1 Å². The zero-order valence-electron chi connectivity index (χ0n) is 11.0. The number of hydrogen-bond acceptors (Lipinski definition) is 2. The lowest BCUT2D eigenvalue weighted by atomic mass is 10.2. The van der Waals surface area contributed by atoms with Gasteiger partial charge in [0.15, 0.2) is 0 Å². The van der Waals surface area contributed by atoms with Gasteiger partial charge in [0.05, 0.1) is 17.4 Å². The average Bonchev–Trinajstić information content (AvgIpc) is 2.61. The third-order valence-corrected chi connectivity index (χ3v) is 2.71. The van der Waals surface area contributed by atoms with E-state index in [4.69, 9.17) is 0 Å². The van der Waals surface area contributed by atoms with Crippen LogP contribution in [0.4, 0.5) is 0 Å². The third-order valence-electron chi connectivity index (χ3n) is 2.71. The first-order valence-electron chi connectivity index (χ1n) is 6.24. The Morgan fingerprint density at radius 2 is 2.24 bits per heavy atom. The Kier molecular flexibility index (Phi) is 5.70. The topological polar surface area (TPSA) is 29.9 Å². The molecule has 1 aromatic rings. The van der Waals surface area contributed by atoms with Crippen molar-refractivity contribution in [1.29, 1.82) is 0 Å². The van der Waals surface area contributed by atoms with Crippen molar-refractivity contribution in [3.63, 3.8) is 0 Å². The molecule has 0 unspecified atom stereocenters. The zero-order valence-corrected chi connectivity index (χ0v) is 11.0. The standard InChI is InChI=1S/C14H23N3/c1-5-7-9-13-12(3)16-14(10-8-6-2)17(13)11-15-4/h5,9,15H,1,3,6-8,10-11H2,2,4H3. The predicted octanol–water partition coefficient (Wildman–Crippen LogP) is 1.17. The summed E-state index contributed by atoms with van der Waals surface area (Å²) in [6.45, 7) is 10.7. The zero-order chi connectivity index (χ0) is 12.7. The largest absolute Gasteiger partial charge is 0.315 e. The van der Waals surface area contributed by atoms with E-state index in [9.17, 15) is 0 Å². The van der Waals surface area contributed by atoms with Crippen molar-refractivity contribution in [3.8, 4) is 0 Å². The van der Waals surface area contributed by atoms with E-state index < -0.39 is 0 Å². The van der Waals surface area contributed by atoms with Gasteiger partial charge in [0, 0.05) is 6.42 Å². The van der Waals surface area contributed by atoms with Crippen LogP contribution in [0.25, 0.3) is 12.7 Å². The molecule has 0 aliphatic rings. The summed E-state index contributed by atoms with van der Waals surface area (Å²) in [6.07, 6.45) is 8.25. The Bertz CT molecular complexity index is 457. The summed E-state index contributed by atoms with van der Waals surface area (Å²) >= 11 is 0. The predicted molar refractivity (Wildman–Crippen MR) is 73.9 cm³/mol. The van der Waals surface area contributed by atoms with Crippen LogP contribution >= 0.6 is 0 Å². The first-order valence-corrected chi connectivity index (χ1v) is 6.24. The number of imidazole rings is 1. The molecule has 0 amide bonds. The minimum Gasteiger partial charge on any atom is -0.315 e. The molecule has 0 saturated heterocycles. The molecule has 0 fully saturated rings. The number of aromatic nitrogens is 2. The van der Waals surface area contributed by atoms with Gasteiger partial charge >= 0.3 is 0 Å². The summed E-state index contributed by atoms with van der Waals surface area (Å²) in [5.41, 5.74) is 0. The molecule has 3 nitrogen and oxygen atoms in total. The Hall–Kier alpha value is -1.35. The Morgan fingerprint density at radius 1 is 1.47 bits per heavy atom. The van der Waals surface area contributed by atoms with E-state index in [1.165, 1.54) is 12.8 Å². The number of unbranched alkanes of at least 4 members (excludes halogenated alkanes) is 1. The number of rotatable bonds is 7. The van der Waals surface area contributed by atoms with Crippen LogP contribution in [-0.4, -0.2) is 16.6 Å². The third kappa shape index (κ3) is 3.56. The minimum atomic E-state index is 0.782. The van der Waals surface area contributed by atoms with Crippen molar-refractivity contribution in [2.45, 2.75) is 39.3 Å². The molecule has 1 aromatic heterocycles. The highest BCUT2D eigenvalue weighted by Gasteiger charge is 2.05. The fourth-order valence-corrected chi connectivity index (χ4v) is 1.85. The van der Waals surface area contributed by atoms with Gasteiger partial charge in [-0.15, -0.1) is 6.58 Å². The van der Waals surface area contributed by atoms with E-state index in [1.807, 2.05) is 13.1 Å². The van der Waals surface area contributed by atoms with Crippen LogP contribution in [0.2, 0.25) is 0 Å². The molecular formula is C14H23N3. The molecule has 1 N–H and O–H groups in total. The Balaban J connectivity index is 3.14. The highest BCUT2D eigenvalue weighted by atomic mass is 15.2. The van der Waals surface area contributed by atoms with Crippen LogP contribution in [0.3, 0.4) is 0 Å². The number of nitrogens with zero attached hydrogens (tertiary/aromatic N) is 2. The fraction of sp³-hybridized carbons (Fsp3) is 0.500. The number of nitrogens with one attached hydrogen (secondary N) is 1. The van der Waals surface area contributed by atoms with E-state index in [-0.39, 0.29) is 0 Å². The van der Waals surface area contributed by atoms with Gasteiger partial charge < -0.3 is 9.88 Å². The van der Waals surface area contributed by atoms with Crippen molar-refractivity contribution in [1.82, 2.24) is 14.9 Å². The Labute approximate surface area is 104 Å². The summed E-state index contributed by atoms with van der Waals surface area (Å²) < 4.78 is 2.21. The van der Waals surface area contributed by atoms with Gasteiger partial charge in [-0.05, 0) is 19.9 Å². The second kappa shape index (κ2) is 7.07. The molecule has 17 heavy (non-hydrogen) atoms. The second-order valence-electron chi connectivity index (χ2n) is 4.13. The average molecular weight is 233 g/mol. The van der Waals surface area contributed by atoms with Gasteiger partial charge in [0.2, 0.25) is 0 Å². The highest BCUT2D eigenvalue weighted by Crippen LogP contribution is 1.98. The minimum absolute atomic E-state index is 0.782. The Morgan fingerprint density at radius 3 is 2.82 bits per heavy atom. The van der Waals surface area contributed by atoms with Crippen LogP contribution < -0.4 is 16.0 Å². The van der Waals surface area contributed by atoms with Gasteiger partial charge in [-0.3, -0.25) is 0 Å². The molecule has 3 heteroatoms. The van der Waals surface area contributed by atoms with Crippen LogP contribution in [0.15, 0.2) is 12.7 Å². The van der Waals surface area contributed by atoms with Crippen LogP contribution in [0.5, 0.6) is 0 Å². The first-order chi connectivity index (χ1) is 8.24. The van der Waals surface area contributed by atoms with Crippen molar-refractivity contribution in [2.75, 3.05) is 7.05 Å². The molecule has 0 spiro atoms. The maximum atomic E-state index is 4.57. The van der Waals surface area contributed by atoms with E-state index in [1.54, 1.807) is 0 Å². The second-order valence-corrected chi connectivity index (χ2v) is 4.13. The number of aryl methyl sites for hydroxylation is 1. The number of hydrogen-bond donors (Lipinski definition) is 1. The monoisotopic (exact) mass is 233 g/mol. The molecule has 0 bridgehead atoms. The van der Waals surface area contributed by atoms with Gasteiger partial charge in [-0.25, -0.2) is 4.98 Å². The maximum absolute atomic E-state index is 4.57. The maximum Gasteiger partial charge on any atom is 0.110 e.